The highest BCUT2D eigenvalue weighted by atomic mass is 35.5. The highest BCUT2D eigenvalue weighted by molar-refractivity contribution is 7.80. The monoisotopic (exact) mass is 286 g/mol. The van der Waals surface area contributed by atoms with E-state index >= 15 is 0 Å². The maximum atomic E-state index is 8.73. The minimum Gasteiger partial charge on any atom is -0.494 e. The van der Waals surface area contributed by atoms with Crippen molar-refractivity contribution in [3.8, 4) is 11.8 Å². The molecule has 2 N–H and O–H groups in total. The number of halogens is 1. The van der Waals surface area contributed by atoms with Gasteiger partial charge in [0.2, 0.25) is 0 Å². The Balaban J connectivity index is 0.00000289. The number of rotatable bonds is 7. The molecule has 1 atom stereocenters. The van der Waals surface area contributed by atoms with Gasteiger partial charge in [-0.3, -0.25) is 0 Å². The summed E-state index contributed by atoms with van der Waals surface area (Å²) in [5.41, 5.74) is 6.38. The molecule has 100 valence electrons. The number of nitriles is 1. The molecule has 0 amide bonds. The van der Waals surface area contributed by atoms with Crippen molar-refractivity contribution in [1.82, 2.24) is 0 Å². The van der Waals surface area contributed by atoms with Crippen molar-refractivity contribution < 1.29 is 4.74 Å². The maximum Gasteiger partial charge on any atom is 0.120 e. The van der Waals surface area contributed by atoms with Crippen molar-refractivity contribution >= 4 is 25.0 Å². The predicted molar refractivity (Wildman–Crippen MR) is 79.6 cm³/mol. The highest BCUT2D eigenvalue weighted by Gasteiger charge is 2.00. The van der Waals surface area contributed by atoms with Crippen molar-refractivity contribution in [1.29, 1.82) is 5.26 Å². The molecule has 0 saturated carbocycles. The van der Waals surface area contributed by atoms with Crippen molar-refractivity contribution in [2.24, 2.45) is 5.73 Å². The predicted octanol–water partition coefficient (Wildman–Crippen LogP) is 2.79. The standard InChI is InChI=1S/C13H18N2OS.ClH/c14-9-11-4-3-6-13(8-11)16-7-2-1-5-12(15)10-17;/h3-4,6,8,12,17H,1-2,5,7,10,15H2;1H/t12-;/m0./s1. The second-order valence-electron chi connectivity index (χ2n) is 3.93. The van der Waals surface area contributed by atoms with Gasteiger partial charge in [0.15, 0.2) is 0 Å². The molecule has 0 aliphatic heterocycles. The number of nitrogens with zero attached hydrogens (tertiary/aromatic N) is 1. The summed E-state index contributed by atoms with van der Waals surface area (Å²) in [6, 6.07) is 9.46. The molecular formula is C13H19ClN2OS. The average molecular weight is 287 g/mol. The van der Waals surface area contributed by atoms with Gasteiger partial charge in [-0.15, -0.1) is 12.4 Å². The van der Waals surface area contributed by atoms with Gasteiger partial charge in [0.25, 0.3) is 0 Å². The van der Waals surface area contributed by atoms with Crippen LogP contribution >= 0.6 is 25.0 Å². The van der Waals surface area contributed by atoms with Crippen LogP contribution in [0, 0.1) is 11.3 Å². The molecule has 1 rings (SSSR count). The molecule has 0 aromatic heterocycles. The van der Waals surface area contributed by atoms with E-state index in [0.717, 1.165) is 30.8 Å². The molecule has 1 aromatic rings. The third kappa shape index (κ3) is 6.75. The molecule has 1 aromatic carbocycles. The lowest BCUT2D eigenvalue weighted by molar-refractivity contribution is 0.304. The van der Waals surface area contributed by atoms with Gasteiger partial charge in [-0.2, -0.15) is 17.9 Å². The SMILES string of the molecule is Cl.N#Cc1cccc(OCCCC[C@H](N)CS)c1. The Morgan fingerprint density at radius 2 is 2.17 bits per heavy atom. The van der Waals surface area contributed by atoms with Gasteiger partial charge in [0.1, 0.15) is 5.75 Å². The first-order valence-corrected chi connectivity index (χ1v) is 6.39. The lowest BCUT2D eigenvalue weighted by Crippen LogP contribution is -2.21. The summed E-state index contributed by atoms with van der Waals surface area (Å²) < 4.78 is 5.55. The first-order valence-electron chi connectivity index (χ1n) is 5.75. The largest absolute Gasteiger partial charge is 0.494 e. The molecule has 0 spiro atoms. The van der Waals surface area contributed by atoms with E-state index in [9.17, 15) is 0 Å². The molecule has 18 heavy (non-hydrogen) atoms. The third-order valence-electron chi connectivity index (χ3n) is 2.44. The zero-order valence-electron chi connectivity index (χ0n) is 10.2. The highest BCUT2D eigenvalue weighted by Crippen LogP contribution is 2.13. The van der Waals surface area contributed by atoms with Crippen LogP contribution in [0.25, 0.3) is 0 Å². The summed E-state index contributed by atoms with van der Waals surface area (Å²) in [6.07, 6.45) is 2.99. The second kappa shape index (κ2) is 10.1. The summed E-state index contributed by atoms with van der Waals surface area (Å²) in [6.45, 7) is 0.661. The number of nitrogens with two attached hydrogens (primary N) is 1. The van der Waals surface area contributed by atoms with E-state index in [1.54, 1.807) is 12.1 Å². The summed E-state index contributed by atoms with van der Waals surface area (Å²) in [5, 5.41) is 8.73. The summed E-state index contributed by atoms with van der Waals surface area (Å²) in [7, 11) is 0. The van der Waals surface area contributed by atoms with Crippen LogP contribution in [-0.2, 0) is 0 Å². The quantitative estimate of drug-likeness (QED) is 0.598. The van der Waals surface area contributed by atoms with E-state index in [1.165, 1.54) is 0 Å². The lowest BCUT2D eigenvalue weighted by atomic mass is 10.1. The van der Waals surface area contributed by atoms with Gasteiger partial charge in [0, 0.05) is 11.8 Å². The first-order chi connectivity index (χ1) is 8.26. The molecule has 5 heteroatoms. The summed E-state index contributed by atoms with van der Waals surface area (Å²) >= 11 is 4.13. The molecule has 0 aliphatic rings. The van der Waals surface area contributed by atoms with Crippen LogP contribution in [0.15, 0.2) is 24.3 Å². The molecule has 0 radical (unpaired) electrons. The van der Waals surface area contributed by atoms with E-state index in [-0.39, 0.29) is 18.4 Å². The molecule has 0 bridgehead atoms. The van der Waals surface area contributed by atoms with Gasteiger partial charge < -0.3 is 10.5 Å². The van der Waals surface area contributed by atoms with E-state index in [1.807, 2.05) is 12.1 Å². The van der Waals surface area contributed by atoms with Gasteiger partial charge in [0.05, 0.1) is 18.2 Å². The van der Waals surface area contributed by atoms with Crippen molar-refractivity contribution in [2.75, 3.05) is 12.4 Å². The van der Waals surface area contributed by atoms with Crippen LogP contribution in [0.5, 0.6) is 5.75 Å². The molecule has 0 heterocycles. The Hall–Kier alpha value is -0.890. The van der Waals surface area contributed by atoms with Crippen LogP contribution < -0.4 is 10.5 Å². The number of thiol groups is 1. The first kappa shape index (κ1) is 17.1. The zero-order chi connectivity index (χ0) is 12.5. The second-order valence-corrected chi connectivity index (χ2v) is 4.29. The van der Waals surface area contributed by atoms with E-state index in [4.69, 9.17) is 15.7 Å². The number of benzene rings is 1. The minimum atomic E-state index is 0. The average Bonchev–Trinajstić information content (AvgIpc) is 2.38. The van der Waals surface area contributed by atoms with Crippen LogP contribution in [0.2, 0.25) is 0 Å². The third-order valence-corrected chi connectivity index (χ3v) is 2.90. The fourth-order valence-electron chi connectivity index (χ4n) is 1.45. The van der Waals surface area contributed by atoms with Crippen LogP contribution in [0.1, 0.15) is 24.8 Å². The topological polar surface area (TPSA) is 59.0 Å². The number of ether oxygens (including phenoxy) is 1. The van der Waals surface area contributed by atoms with Crippen LogP contribution in [0.3, 0.4) is 0 Å². The van der Waals surface area contributed by atoms with E-state index in [2.05, 4.69) is 18.7 Å². The Kier molecular flexibility index (Phi) is 9.57. The van der Waals surface area contributed by atoms with E-state index < -0.39 is 0 Å². The maximum absolute atomic E-state index is 8.73. The Labute approximate surface area is 120 Å². The fourth-order valence-corrected chi connectivity index (χ4v) is 1.63. The van der Waals surface area contributed by atoms with E-state index in [0.29, 0.717) is 12.2 Å². The molecule has 3 nitrogen and oxygen atoms in total. The van der Waals surface area contributed by atoms with Gasteiger partial charge in [-0.05, 0) is 37.5 Å². The summed E-state index contributed by atoms with van der Waals surface area (Å²) in [5.74, 6) is 1.48. The number of hydrogen-bond donors (Lipinski definition) is 2. The van der Waals surface area contributed by atoms with Crippen LogP contribution in [0.4, 0.5) is 0 Å². The smallest absolute Gasteiger partial charge is 0.120 e. The number of unbranched alkanes of at least 4 members (excludes halogenated alkanes) is 1. The molecular weight excluding hydrogens is 268 g/mol. The van der Waals surface area contributed by atoms with Crippen molar-refractivity contribution in [3.63, 3.8) is 0 Å². The van der Waals surface area contributed by atoms with Gasteiger partial charge in [-0.1, -0.05) is 6.07 Å². The van der Waals surface area contributed by atoms with Crippen LogP contribution in [-0.4, -0.2) is 18.4 Å². The normalized spacial score (nSPS) is 11.2. The van der Waals surface area contributed by atoms with Crippen molar-refractivity contribution in [3.05, 3.63) is 29.8 Å². The molecule has 0 fully saturated rings. The minimum absolute atomic E-state index is 0. The Morgan fingerprint density at radius 1 is 1.39 bits per heavy atom. The van der Waals surface area contributed by atoms with Gasteiger partial charge in [-0.25, -0.2) is 0 Å². The summed E-state index contributed by atoms with van der Waals surface area (Å²) in [4.78, 5) is 0. The zero-order valence-corrected chi connectivity index (χ0v) is 11.9. The van der Waals surface area contributed by atoms with Crippen molar-refractivity contribution in [2.45, 2.75) is 25.3 Å². The number of hydrogen-bond acceptors (Lipinski definition) is 4. The fraction of sp³-hybridized carbons (Fsp3) is 0.462. The Bertz CT molecular complexity index is 381. The molecule has 0 aliphatic carbocycles. The Morgan fingerprint density at radius 3 is 2.83 bits per heavy atom. The molecule has 0 unspecified atom stereocenters. The van der Waals surface area contributed by atoms with Gasteiger partial charge >= 0.3 is 0 Å². The molecule has 0 saturated heterocycles. The lowest BCUT2D eigenvalue weighted by Gasteiger charge is -2.08.